The fourth-order valence-corrected chi connectivity index (χ4v) is 8.09. The maximum Gasteiger partial charge on any atom is 0.315 e. The molecule has 3 saturated carbocycles. The predicted molar refractivity (Wildman–Crippen MR) is 199 cm³/mol. The van der Waals surface area contributed by atoms with Gasteiger partial charge in [0.1, 0.15) is 6.04 Å². The molecule has 0 radical (unpaired) electrons. The third-order valence-corrected chi connectivity index (χ3v) is 11.9. The Labute approximate surface area is 310 Å². The molecule has 52 heavy (non-hydrogen) atoms. The summed E-state index contributed by atoms with van der Waals surface area (Å²) in [5.41, 5.74) is -0.812. The Hall–Kier alpha value is -3.88. The number of nitrogens with one attached hydrogen (secondary N) is 5. The van der Waals surface area contributed by atoms with Crippen LogP contribution >= 0.6 is 0 Å². The summed E-state index contributed by atoms with van der Waals surface area (Å²) in [5, 5.41) is 14.5. The largest absolute Gasteiger partial charge is 0.356 e. The molecule has 0 aromatic heterocycles. The molecule has 0 bridgehead atoms. The van der Waals surface area contributed by atoms with Crippen LogP contribution in [-0.2, 0) is 24.0 Å². The maximum absolute atomic E-state index is 14.6. The van der Waals surface area contributed by atoms with E-state index in [4.69, 9.17) is 6.42 Å². The molecule has 288 valence electrons. The van der Waals surface area contributed by atoms with Gasteiger partial charge >= 0.3 is 6.03 Å². The Bertz CT molecular complexity index is 1370. The number of Topliss-reactive ketones (excluding diaryl/α,β-unsaturated/α-hetero) is 1. The molecule has 12 heteroatoms. The number of hydrogen-bond acceptors (Lipinski definition) is 6. The summed E-state index contributed by atoms with van der Waals surface area (Å²) < 4.78 is 0. The van der Waals surface area contributed by atoms with Gasteiger partial charge in [0.2, 0.25) is 23.5 Å². The first kappa shape index (κ1) is 40.9. The monoisotopic (exact) mass is 722 g/mol. The van der Waals surface area contributed by atoms with Crippen LogP contribution in [0.25, 0.3) is 0 Å². The number of likely N-dealkylation sites (tertiary alicyclic amines) is 1. The second kappa shape index (κ2) is 18.2. The van der Waals surface area contributed by atoms with E-state index in [1.807, 2.05) is 20.8 Å². The zero-order valence-corrected chi connectivity index (χ0v) is 31.8. The lowest BCUT2D eigenvalue weighted by molar-refractivity contribution is -0.149. The van der Waals surface area contributed by atoms with Crippen LogP contribution in [0.2, 0.25) is 0 Å². The van der Waals surface area contributed by atoms with Crippen molar-refractivity contribution in [3.8, 4) is 12.3 Å². The second-order valence-electron chi connectivity index (χ2n) is 17.0. The van der Waals surface area contributed by atoms with E-state index < -0.39 is 41.1 Å². The normalized spacial score (nSPS) is 23.9. The minimum Gasteiger partial charge on any atom is -0.356 e. The van der Waals surface area contributed by atoms with Crippen molar-refractivity contribution in [1.29, 1.82) is 0 Å². The van der Waals surface area contributed by atoms with Gasteiger partial charge in [0.15, 0.2) is 0 Å². The number of ketones is 1. The van der Waals surface area contributed by atoms with Crippen molar-refractivity contribution in [3.63, 3.8) is 0 Å². The van der Waals surface area contributed by atoms with E-state index in [0.29, 0.717) is 31.8 Å². The second-order valence-corrected chi connectivity index (χ2v) is 17.0. The topological polar surface area (TPSA) is 166 Å². The van der Waals surface area contributed by atoms with Gasteiger partial charge in [-0.2, -0.15) is 0 Å². The summed E-state index contributed by atoms with van der Waals surface area (Å²) in [6.07, 6.45) is 16.6. The quantitative estimate of drug-likeness (QED) is 0.0875. The third-order valence-electron chi connectivity index (χ3n) is 11.9. The van der Waals surface area contributed by atoms with E-state index in [9.17, 15) is 28.8 Å². The van der Waals surface area contributed by atoms with Gasteiger partial charge in [-0.1, -0.05) is 53.0 Å². The molecule has 1 heterocycles. The van der Waals surface area contributed by atoms with Gasteiger partial charge in [0, 0.05) is 45.1 Å². The minimum absolute atomic E-state index is 0.0215. The molecule has 4 unspecified atom stereocenters. The molecule has 5 N–H and O–H groups in total. The SMILES string of the molecule is C#CCCC(NC(=O)C1CN(C(=O)C(NC(=O)NC(CCC(=O)NCC2CC2)C(C)(C)C)C2(C)CCCCC2)C[C@@H]2CC[C@H]12)C(=O)C(=O)NCC=C. The zero-order valence-electron chi connectivity index (χ0n) is 31.8. The highest BCUT2D eigenvalue weighted by Gasteiger charge is 2.50. The molecule has 4 rings (SSSR count). The van der Waals surface area contributed by atoms with Gasteiger partial charge < -0.3 is 31.5 Å². The molecular formula is C40H62N6O6. The fourth-order valence-electron chi connectivity index (χ4n) is 8.09. The van der Waals surface area contributed by atoms with E-state index in [0.717, 1.165) is 57.8 Å². The van der Waals surface area contributed by atoms with Crippen LogP contribution in [0.3, 0.4) is 0 Å². The van der Waals surface area contributed by atoms with Crippen molar-refractivity contribution in [3.05, 3.63) is 12.7 Å². The number of carbonyl (C=O) groups excluding carboxylic acids is 6. The standard InChI is InChI=1S/C40H62N6O6/c1-7-9-13-30(33(48)36(50)41-22-8-2)43-35(49)29-25-46(24-27-16-17-28(27)29)37(51)34(40(6)20-11-10-12-21-40)45-38(52)44-31(39(3,4)5)18-19-32(47)42-23-26-14-15-26/h1,8,26-31,34H,2,9-25H2,3-6H3,(H,41,50)(H,42,47)(H,43,49)(H2,44,45,52)/t27-,28-,29?,30?,31?,34?/m0/s1. The molecule has 0 spiro atoms. The smallest absolute Gasteiger partial charge is 0.315 e. The first-order valence-corrected chi connectivity index (χ1v) is 19.5. The molecule has 12 nitrogen and oxygen atoms in total. The lowest BCUT2D eigenvalue weighted by Crippen LogP contribution is -2.64. The van der Waals surface area contributed by atoms with E-state index in [1.165, 1.54) is 6.08 Å². The predicted octanol–water partition coefficient (Wildman–Crippen LogP) is 3.60. The number of urea groups is 1. The van der Waals surface area contributed by atoms with Crippen LogP contribution in [0.5, 0.6) is 0 Å². The van der Waals surface area contributed by atoms with Crippen LogP contribution < -0.4 is 26.6 Å². The molecule has 6 amide bonds. The molecule has 0 aromatic carbocycles. The Morgan fingerprint density at radius 2 is 1.65 bits per heavy atom. The lowest BCUT2D eigenvalue weighted by Gasteiger charge is -2.51. The molecule has 4 aliphatic rings. The minimum atomic E-state index is -1.09. The van der Waals surface area contributed by atoms with Gasteiger partial charge in [-0.15, -0.1) is 18.9 Å². The number of terminal acetylenes is 1. The number of piperidine rings is 1. The average molecular weight is 723 g/mol. The molecule has 0 aromatic rings. The van der Waals surface area contributed by atoms with Crippen LogP contribution in [0.1, 0.15) is 111 Å². The third kappa shape index (κ3) is 11.1. The Balaban J connectivity index is 1.47. The van der Waals surface area contributed by atoms with Crippen molar-refractivity contribution in [2.75, 3.05) is 26.2 Å². The van der Waals surface area contributed by atoms with Crippen molar-refractivity contribution >= 4 is 35.4 Å². The van der Waals surface area contributed by atoms with Crippen molar-refractivity contribution < 1.29 is 28.8 Å². The summed E-state index contributed by atoms with van der Waals surface area (Å²) in [6, 6.07) is -2.65. The summed E-state index contributed by atoms with van der Waals surface area (Å²) in [5.74, 6) is 0.472. The summed E-state index contributed by atoms with van der Waals surface area (Å²) in [6.45, 7) is 13.2. The average Bonchev–Trinajstić information content (AvgIpc) is 3.93. The molecule has 1 aliphatic heterocycles. The van der Waals surface area contributed by atoms with Crippen LogP contribution in [0.4, 0.5) is 4.79 Å². The molecule has 3 aliphatic carbocycles. The Kier molecular flexibility index (Phi) is 14.3. The molecule has 1 saturated heterocycles. The van der Waals surface area contributed by atoms with Gasteiger partial charge in [-0.05, 0) is 80.0 Å². The highest BCUT2D eigenvalue weighted by molar-refractivity contribution is 6.38. The highest BCUT2D eigenvalue weighted by Crippen LogP contribution is 2.45. The van der Waals surface area contributed by atoms with Gasteiger partial charge in [0.25, 0.3) is 5.91 Å². The number of hydrogen-bond donors (Lipinski definition) is 5. The Morgan fingerprint density at radius 3 is 2.25 bits per heavy atom. The number of amides is 6. The number of rotatable bonds is 17. The number of carbonyl (C=O) groups is 6. The lowest BCUT2D eigenvalue weighted by atomic mass is 9.63. The molecule has 6 atom stereocenters. The van der Waals surface area contributed by atoms with Gasteiger partial charge in [0.05, 0.1) is 12.0 Å². The number of nitrogens with zero attached hydrogens (tertiary/aromatic N) is 1. The van der Waals surface area contributed by atoms with Gasteiger partial charge in [-0.3, -0.25) is 24.0 Å². The molecule has 4 fully saturated rings. The van der Waals surface area contributed by atoms with Crippen LogP contribution in [-0.4, -0.2) is 84.6 Å². The van der Waals surface area contributed by atoms with E-state index in [1.54, 1.807) is 4.90 Å². The summed E-state index contributed by atoms with van der Waals surface area (Å²) in [4.78, 5) is 82.1. The summed E-state index contributed by atoms with van der Waals surface area (Å²) >= 11 is 0. The van der Waals surface area contributed by atoms with E-state index in [-0.39, 0.29) is 66.9 Å². The van der Waals surface area contributed by atoms with Crippen molar-refractivity contribution in [2.24, 2.45) is 34.5 Å². The summed E-state index contributed by atoms with van der Waals surface area (Å²) in [7, 11) is 0. The first-order valence-electron chi connectivity index (χ1n) is 19.5. The fraction of sp³-hybridized carbons (Fsp3) is 0.750. The van der Waals surface area contributed by atoms with E-state index >= 15 is 0 Å². The maximum atomic E-state index is 14.6. The van der Waals surface area contributed by atoms with Crippen LogP contribution in [0.15, 0.2) is 12.7 Å². The Morgan fingerprint density at radius 1 is 0.942 bits per heavy atom. The van der Waals surface area contributed by atoms with E-state index in [2.05, 4.69) is 46.0 Å². The number of fused-ring (bicyclic) bond motifs is 1. The molecular weight excluding hydrogens is 660 g/mol. The van der Waals surface area contributed by atoms with Crippen molar-refractivity contribution in [2.45, 2.75) is 129 Å². The van der Waals surface area contributed by atoms with Crippen molar-refractivity contribution in [1.82, 2.24) is 31.5 Å². The highest BCUT2D eigenvalue weighted by atomic mass is 16.2. The first-order chi connectivity index (χ1) is 24.7. The zero-order chi connectivity index (χ0) is 38.1. The van der Waals surface area contributed by atoms with Gasteiger partial charge in [-0.25, -0.2) is 4.79 Å². The van der Waals surface area contributed by atoms with Crippen LogP contribution in [0, 0.1) is 46.8 Å².